The molecule has 2 rings (SSSR count). The highest BCUT2D eigenvalue weighted by Crippen LogP contribution is 2.24. The third-order valence-electron chi connectivity index (χ3n) is 4.44. The highest BCUT2D eigenvalue weighted by molar-refractivity contribution is 5.35. The lowest BCUT2D eigenvalue weighted by molar-refractivity contribution is 0.410. The first-order valence-corrected chi connectivity index (χ1v) is 7.50. The summed E-state index contributed by atoms with van der Waals surface area (Å²) < 4.78 is 0. The van der Waals surface area contributed by atoms with Crippen LogP contribution < -0.4 is 5.32 Å². The summed E-state index contributed by atoms with van der Waals surface area (Å²) in [5.41, 5.74) is 4.70. The van der Waals surface area contributed by atoms with Gasteiger partial charge in [0.1, 0.15) is 0 Å². The number of benzene rings is 1. The molecule has 1 aliphatic rings. The van der Waals surface area contributed by atoms with Gasteiger partial charge < -0.3 is 5.32 Å². The van der Waals surface area contributed by atoms with Crippen molar-refractivity contribution >= 4 is 0 Å². The topological polar surface area (TPSA) is 12.0 Å². The fraction of sp³-hybridized carbons (Fsp3) is 0.647. The Morgan fingerprint density at radius 3 is 2.72 bits per heavy atom. The molecule has 1 aromatic rings. The van der Waals surface area contributed by atoms with Crippen molar-refractivity contribution in [2.45, 2.75) is 58.4 Å². The third-order valence-corrected chi connectivity index (χ3v) is 4.44. The van der Waals surface area contributed by atoms with Crippen molar-refractivity contribution in [2.75, 3.05) is 7.05 Å². The van der Waals surface area contributed by atoms with Crippen molar-refractivity contribution in [2.24, 2.45) is 5.92 Å². The van der Waals surface area contributed by atoms with Crippen molar-refractivity contribution in [1.29, 1.82) is 0 Å². The summed E-state index contributed by atoms with van der Waals surface area (Å²) in [6, 6.07) is 7.77. The molecule has 0 saturated carbocycles. The summed E-state index contributed by atoms with van der Waals surface area (Å²) in [4.78, 5) is 0. The molecule has 2 atom stereocenters. The first-order valence-electron chi connectivity index (χ1n) is 7.50. The number of nitrogens with one attached hydrogen (secondary N) is 1. The Bertz CT molecular complexity index is 383. The number of likely N-dealkylation sites (N-methyl/N-ethyl adjacent to an activating group) is 1. The molecule has 2 unspecified atom stereocenters. The van der Waals surface area contributed by atoms with Gasteiger partial charge in [0.25, 0.3) is 0 Å². The zero-order chi connectivity index (χ0) is 13.0. The van der Waals surface area contributed by atoms with Gasteiger partial charge in [0, 0.05) is 6.04 Å². The Hall–Kier alpha value is -0.820. The SMILES string of the molecule is CCC(C)CC(Cc1ccc2c(c1)CCC2)NC. The predicted octanol–water partition coefficient (Wildman–Crippen LogP) is 3.74. The number of hydrogen-bond donors (Lipinski definition) is 1. The second-order valence-electron chi connectivity index (χ2n) is 5.90. The Morgan fingerprint density at radius 1 is 1.22 bits per heavy atom. The quantitative estimate of drug-likeness (QED) is 0.805. The number of aryl methyl sites for hydroxylation is 2. The average Bonchev–Trinajstić information content (AvgIpc) is 2.85. The van der Waals surface area contributed by atoms with E-state index in [1.54, 1.807) is 11.1 Å². The van der Waals surface area contributed by atoms with E-state index in [1.807, 2.05) is 0 Å². The molecule has 0 spiro atoms. The predicted molar refractivity (Wildman–Crippen MR) is 79.1 cm³/mol. The van der Waals surface area contributed by atoms with Crippen LogP contribution in [0, 0.1) is 5.92 Å². The minimum absolute atomic E-state index is 0.624. The lowest BCUT2D eigenvalue weighted by Gasteiger charge is -2.20. The van der Waals surface area contributed by atoms with Gasteiger partial charge in [-0.1, -0.05) is 38.5 Å². The van der Waals surface area contributed by atoms with Gasteiger partial charge in [0.05, 0.1) is 0 Å². The maximum atomic E-state index is 3.48. The van der Waals surface area contributed by atoms with E-state index in [0.29, 0.717) is 6.04 Å². The van der Waals surface area contributed by atoms with Gasteiger partial charge in [0.15, 0.2) is 0 Å². The average molecular weight is 245 g/mol. The van der Waals surface area contributed by atoms with Gasteiger partial charge in [-0.25, -0.2) is 0 Å². The monoisotopic (exact) mass is 245 g/mol. The summed E-state index contributed by atoms with van der Waals surface area (Å²) in [6.07, 6.45) is 7.67. The molecule has 1 N–H and O–H groups in total. The van der Waals surface area contributed by atoms with E-state index in [-0.39, 0.29) is 0 Å². The molecule has 1 heteroatoms. The molecule has 0 fully saturated rings. The van der Waals surface area contributed by atoms with E-state index in [0.717, 1.165) is 5.92 Å². The van der Waals surface area contributed by atoms with Crippen LogP contribution in [-0.2, 0) is 19.3 Å². The highest BCUT2D eigenvalue weighted by atomic mass is 14.9. The molecule has 1 nitrogen and oxygen atoms in total. The zero-order valence-electron chi connectivity index (χ0n) is 12.1. The molecular weight excluding hydrogens is 218 g/mol. The maximum absolute atomic E-state index is 3.48. The van der Waals surface area contributed by atoms with Crippen LogP contribution in [0.25, 0.3) is 0 Å². The van der Waals surface area contributed by atoms with Crippen molar-refractivity contribution in [3.63, 3.8) is 0 Å². The van der Waals surface area contributed by atoms with Crippen LogP contribution in [0.4, 0.5) is 0 Å². The molecule has 1 aromatic carbocycles. The van der Waals surface area contributed by atoms with Crippen molar-refractivity contribution in [1.82, 2.24) is 5.32 Å². The molecule has 0 bridgehead atoms. The molecule has 1 aliphatic carbocycles. The van der Waals surface area contributed by atoms with Gasteiger partial charge in [-0.05, 0) is 61.8 Å². The highest BCUT2D eigenvalue weighted by Gasteiger charge is 2.14. The summed E-state index contributed by atoms with van der Waals surface area (Å²) in [6.45, 7) is 4.64. The number of rotatable bonds is 6. The van der Waals surface area contributed by atoms with Crippen LogP contribution >= 0.6 is 0 Å². The molecule has 0 heterocycles. The second-order valence-corrected chi connectivity index (χ2v) is 5.90. The Balaban J connectivity index is 1.98. The first-order chi connectivity index (χ1) is 8.72. The van der Waals surface area contributed by atoms with Gasteiger partial charge in [-0.3, -0.25) is 0 Å². The summed E-state index contributed by atoms with van der Waals surface area (Å²) >= 11 is 0. The minimum atomic E-state index is 0.624. The third kappa shape index (κ3) is 3.35. The fourth-order valence-corrected chi connectivity index (χ4v) is 2.99. The van der Waals surface area contributed by atoms with Gasteiger partial charge in [0.2, 0.25) is 0 Å². The van der Waals surface area contributed by atoms with Gasteiger partial charge in [-0.2, -0.15) is 0 Å². The van der Waals surface area contributed by atoms with Gasteiger partial charge >= 0.3 is 0 Å². The Morgan fingerprint density at radius 2 is 2.00 bits per heavy atom. The van der Waals surface area contributed by atoms with Crippen LogP contribution in [0.1, 0.15) is 49.8 Å². The largest absolute Gasteiger partial charge is 0.317 e. The van der Waals surface area contributed by atoms with Crippen molar-refractivity contribution in [3.05, 3.63) is 34.9 Å². The molecular formula is C17H27N. The summed E-state index contributed by atoms with van der Waals surface area (Å²) in [5, 5.41) is 3.48. The number of fused-ring (bicyclic) bond motifs is 1. The molecule has 18 heavy (non-hydrogen) atoms. The standard InChI is InChI=1S/C17H27N/c1-4-13(2)10-17(18-3)12-14-8-9-15-6-5-7-16(15)11-14/h8-9,11,13,17-18H,4-7,10,12H2,1-3H3. The van der Waals surface area contributed by atoms with E-state index < -0.39 is 0 Å². The van der Waals surface area contributed by atoms with Crippen LogP contribution in [0.5, 0.6) is 0 Å². The van der Waals surface area contributed by atoms with Crippen LogP contribution in [0.2, 0.25) is 0 Å². The fourth-order valence-electron chi connectivity index (χ4n) is 2.99. The Kier molecular flexibility index (Phi) is 4.82. The molecule has 0 saturated heterocycles. The normalized spacial score (nSPS) is 17.5. The minimum Gasteiger partial charge on any atom is -0.317 e. The van der Waals surface area contributed by atoms with Crippen molar-refractivity contribution in [3.8, 4) is 0 Å². The van der Waals surface area contributed by atoms with Gasteiger partial charge in [-0.15, -0.1) is 0 Å². The van der Waals surface area contributed by atoms with E-state index in [2.05, 4.69) is 44.4 Å². The van der Waals surface area contributed by atoms with E-state index in [9.17, 15) is 0 Å². The Labute approximate surface area is 112 Å². The van der Waals surface area contributed by atoms with Crippen LogP contribution in [-0.4, -0.2) is 13.1 Å². The lowest BCUT2D eigenvalue weighted by Crippen LogP contribution is -2.29. The molecule has 100 valence electrons. The van der Waals surface area contributed by atoms with E-state index >= 15 is 0 Å². The van der Waals surface area contributed by atoms with E-state index in [1.165, 1.54) is 44.1 Å². The summed E-state index contributed by atoms with van der Waals surface area (Å²) in [5.74, 6) is 0.817. The number of hydrogen-bond acceptors (Lipinski definition) is 1. The second kappa shape index (κ2) is 6.38. The van der Waals surface area contributed by atoms with Crippen molar-refractivity contribution < 1.29 is 0 Å². The molecule has 0 radical (unpaired) electrons. The van der Waals surface area contributed by atoms with Crippen LogP contribution in [0.3, 0.4) is 0 Å². The first kappa shape index (κ1) is 13.6. The smallest absolute Gasteiger partial charge is 0.0107 e. The molecule has 0 aromatic heterocycles. The maximum Gasteiger partial charge on any atom is 0.0107 e. The molecule has 0 aliphatic heterocycles. The summed E-state index contributed by atoms with van der Waals surface area (Å²) in [7, 11) is 2.10. The zero-order valence-corrected chi connectivity index (χ0v) is 12.1. The molecule has 0 amide bonds. The van der Waals surface area contributed by atoms with Crippen LogP contribution in [0.15, 0.2) is 18.2 Å². The lowest BCUT2D eigenvalue weighted by atomic mass is 9.93. The van der Waals surface area contributed by atoms with E-state index in [4.69, 9.17) is 0 Å².